The Labute approximate surface area is 204 Å². The van der Waals surface area contributed by atoms with E-state index in [1.54, 1.807) is 31.2 Å². The van der Waals surface area contributed by atoms with Crippen LogP contribution in [0.1, 0.15) is 25.3 Å². The Morgan fingerprint density at radius 3 is 2.39 bits per heavy atom. The molecule has 33 heavy (non-hydrogen) atoms. The second kappa shape index (κ2) is 12.0. The van der Waals surface area contributed by atoms with Crippen molar-refractivity contribution < 1.29 is 22.7 Å². The molecule has 180 valence electrons. The number of nitrogens with zero attached hydrogens (tertiary/aromatic N) is 2. The molecule has 0 radical (unpaired) electrons. The van der Waals surface area contributed by atoms with Gasteiger partial charge in [0.15, 0.2) is 0 Å². The first-order valence-corrected chi connectivity index (χ1v) is 13.1. The number of likely N-dealkylation sites (N-methyl/N-ethyl adjacent to an activating group) is 1. The molecule has 2 amide bonds. The summed E-state index contributed by atoms with van der Waals surface area (Å²) < 4.78 is 32.1. The van der Waals surface area contributed by atoms with Crippen LogP contribution in [0.3, 0.4) is 0 Å². The van der Waals surface area contributed by atoms with E-state index in [4.69, 9.17) is 4.74 Å². The van der Waals surface area contributed by atoms with Crippen molar-refractivity contribution in [1.82, 2.24) is 10.2 Å². The van der Waals surface area contributed by atoms with Crippen molar-refractivity contribution in [2.45, 2.75) is 32.4 Å². The fraction of sp³-hybridized carbons (Fsp3) is 0.391. The number of amides is 2. The van der Waals surface area contributed by atoms with E-state index in [9.17, 15) is 18.0 Å². The van der Waals surface area contributed by atoms with Crippen molar-refractivity contribution in [3.05, 3.63) is 58.6 Å². The first-order chi connectivity index (χ1) is 15.6. The molecule has 0 aliphatic carbocycles. The van der Waals surface area contributed by atoms with Gasteiger partial charge in [0.2, 0.25) is 21.8 Å². The van der Waals surface area contributed by atoms with Gasteiger partial charge < -0.3 is 15.0 Å². The molecule has 1 atom stereocenters. The minimum atomic E-state index is -3.56. The van der Waals surface area contributed by atoms with Gasteiger partial charge >= 0.3 is 0 Å². The fourth-order valence-electron chi connectivity index (χ4n) is 3.35. The van der Waals surface area contributed by atoms with Crippen LogP contribution in [0.2, 0.25) is 0 Å². The highest BCUT2D eigenvalue weighted by Gasteiger charge is 2.26. The molecule has 0 aromatic heterocycles. The molecular formula is C23H30BrN3O5S. The van der Waals surface area contributed by atoms with Gasteiger partial charge in [-0.25, -0.2) is 8.42 Å². The summed E-state index contributed by atoms with van der Waals surface area (Å²) in [6.07, 6.45) is 1.51. The monoisotopic (exact) mass is 539 g/mol. The van der Waals surface area contributed by atoms with Gasteiger partial charge in [-0.05, 0) is 43.2 Å². The van der Waals surface area contributed by atoms with Crippen molar-refractivity contribution >= 4 is 43.5 Å². The molecule has 1 N–H and O–H groups in total. The maximum absolute atomic E-state index is 13.1. The van der Waals surface area contributed by atoms with Gasteiger partial charge in [-0.3, -0.25) is 13.9 Å². The third kappa shape index (κ3) is 7.75. The summed E-state index contributed by atoms with van der Waals surface area (Å²) in [5.74, 6) is 0.0417. The number of ether oxygens (including phenoxy) is 1. The topological polar surface area (TPSA) is 96.0 Å². The number of carbonyl (C=O) groups is 2. The highest BCUT2D eigenvalue weighted by molar-refractivity contribution is 9.10. The maximum Gasteiger partial charge on any atom is 0.242 e. The third-order valence-electron chi connectivity index (χ3n) is 5.17. The van der Waals surface area contributed by atoms with Gasteiger partial charge in [-0.2, -0.15) is 0 Å². The van der Waals surface area contributed by atoms with Crippen LogP contribution in [0.15, 0.2) is 53.0 Å². The SMILES string of the molecule is CNC(=O)C(C)N(Cc1ccc(Br)cc1)C(=O)CCCN(c1cccc(OC)c1)S(C)(=O)=O. The largest absolute Gasteiger partial charge is 0.497 e. The lowest BCUT2D eigenvalue weighted by Gasteiger charge is -2.29. The van der Waals surface area contributed by atoms with Gasteiger partial charge in [0, 0.05) is 37.1 Å². The Morgan fingerprint density at radius 2 is 1.82 bits per heavy atom. The number of hydrogen-bond donors (Lipinski definition) is 1. The van der Waals surface area contributed by atoms with E-state index in [-0.39, 0.29) is 31.3 Å². The highest BCUT2D eigenvalue weighted by atomic mass is 79.9. The van der Waals surface area contributed by atoms with Crippen LogP contribution in [0.4, 0.5) is 5.69 Å². The molecule has 1 unspecified atom stereocenters. The quantitative estimate of drug-likeness (QED) is 0.473. The molecule has 0 heterocycles. The number of methoxy groups -OCH3 is 1. The van der Waals surface area contributed by atoms with E-state index in [0.29, 0.717) is 17.9 Å². The Balaban J connectivity index is 2.14. The standard InChI is InChI=1S/C23H30BrN3O5S/c1-17(23(29)25-2)26(16-18-10-12-19(24)13-11-18)22(28)9-6-14-27(33(4,30)31)20-7-5-8-21(15-20)32-3/h5,7-8,10-13,15,17H,6,9,14,16H2,1-4H3,(H,25,29). The van der Waals surface area contributed by atoms with Gasteiger partial charge in [-0.1, -0.05) is 34.1 Å². The molecule has 0 aliphatic rings. The van der Waals surface area contributed by atoms with Crippen molar-refractivity contribution in [2.75, 3.05) is 31.3 Å². The first-order valence-electron chi connectivity index (χ1n) is 10.4. The van der Waals surface area contributed by atoms with Crippen LogP contribution in [0.25, 0.3) is 0 Å². The summed E-state index contributed by atoms with van der Waals surface area (Å²) in [7, 11) is -0.526. The summed E-state index contributed by atoms with van der Waals surface area (Å²) in [5.41, 5.74) is 1.35. The predicted octanol–water partition coefficient (Wildman–Crippen LogP) is 3.17. The molecule has 10 heteroatoms. The van der Waals surface area contributed by atoms with E-state index in [1.165, 1.54) is 23.4 Å². The van der Waals surface area contributed by atoms with Gasteiger partial charge in [0.25, 0.3) is 0 Å². The molecule has 2 aromatic rings. The maximum atomic E-state index is 13.1. The predicted molar refractivity (Wildman–Crippen MR) is 133 cm³/mol. The van der Waals surface area contributed by atoms with E-state index in [1.807, 2.05) is 24.3 Å². The summed E-state index contributed by atoms with van der Waals surface area (Å²) in [6.45, 7) is 2.07. The minimum Gasteiger partial charge on any atom is -0.497 e. The fourth-order valence-corrected chi connectivity index (χ4v) is 4.57. The number of halogens is 1. The number of anilines is 1. The average Bonchev–Trinajstić information content (AvgIpc) is 2.79. The highest BCUT2D eigenvalue weighted by Crippen LogP contribution is 2.24. The molecule has 2 aromatic carbocycles. The van der Waals surface area contributed by atoms with Gasteiger partial charge in [-0.15, -0.1) is 0 Å². The number of benzene rings is 2. The zero-order chi connectivity index (χ0) is 24.6. The zero-order valence-corrected chi connectivity index (χ0v) is 21.6. The van der Waals surface area contributed by atoms with E-state index >= 15 is 0 Å². The normalized spacial score (nSPS) is 12.0. The van der Waals surface area contributed by atoms with Crippen LogP contribution in [0, 0.1) is 0 Å². The van der Waals surface area contributed by atoms with Crippen LogP contribution < -0.4 is 14.4 Å². The second-order valence-corrected chi connectivity index (χ2v) is 10.4. The van der Waals surface area contributed by atoms with Gasteiger partial charge in [0.05, 0.1) is 19.1 Å². The number of sulfonamides is 1. The average molecular weight is 540 g/mol. The zero-order valence-electron chi connectivity index (χ0n) is 19.2. The van der Waals surface area contributed by atoms with Crippen molar-refractivity contribution in [3.8, 4) is 5.75 Å². The lowest BCUT2D eigenvalue weighted by Crippen LogP contribution is -2.46. The number of nitrogens with one attached hydrogen (secondary N) is 1. The molecule has 0 fully saturated rings. The van der Waals surface area contributed by atoms with Crippen molar-refractivity contribution in [2.24, 2.45) is 0 Å². The van der Waals surface area contributed by atoms with E-state index < -0.39 is 16.1 Å². The molecule has 0 saturated heterocycles. The van der Waals surface area contributed by atoms with E-state index in [2.05, 4.69) is 21.2 Å². The smallest absolute Gasteiger partial charge is 0.242 e. The first kappa shape index (κ1) is 26.7. The Kier molecular flexibility index (Phi) is 9.72. The second-order valence-electron chi connectivity index (χ2n) is 7.58. The molecule has 0 saturated carbocycles. The third-order valence-corrected chi connectivity index (χ3v) is 6.90. The summed E-state index contributed by atoms with van der Waals surface area (Å²) in [6, 6.07) is 13.6. The molecular weight excluding hydrogens is 510 g/mol. The number of hydrogen-bond acceptors (Lipinski definition) is 5. The summed E-state index contributed by atoms with van der Waals surface area (Å²) in [4.78, 5) is 26.9. The van der Waals surface area contributed by atoms with Gasteiger partial charge in [0.1, 0.15) is 11.8 Å². The lowest BCUT2D eigenvalue weighted by atomic mass is 10.1. The van der Waals surface area contributed by atoms with Crippen LogP contribution in [0.5, 0.6) is 5.75 Å². The molecule has 8 nitrogen and oxygen atoms in total. The Hall–Kier alpha value is -2.59. The summed E-state index contributed by atoms with van der Waals surface area (Å²) in [5, 5.41) is 2.58. The van der Waals surface area contributed by atoms with Crippen molar-refractivity contribution in [1.29, 1.82) is 0 Å². The molecule has 2 rings (SSSR count). The molecule has 0 spiro atoms. The van der Waals surface area contributed by atoms with Crippen LogP contribution >= 0.6 is 15.9 Å². The van der Waals surface area contributed by atoms with Crippen molar-refractivity contribution in [3.63, 3.8) is 0 Å². The van der Waals surface area contributed by atoms with Crippen LogP contribution in [-0.4, -0.2) is 58.1 Å². The number of rotatable bonds is 11. The molecule has 0 aliphatic heterocycles. The summed E-state index contributed by atoms with van der Waals surface area (Å²) >= 11 is 3.39. The lowest BCUT2D eigenvalue weighted by molar-refractivity contribution is -0.140. The van der Waals surface area contributed by atoms with Crippen LogP contribution in [-0.2, 0) is 26.2 Å². The Bertz CT molecular complexity index is 1060. The molecule has 0 bridgehead atoms. The number of carbonyl (C=O) groups excluding carboxylic acids is 2. The van der Waals surface area contributed by atoms with E-state index in [0.717, 1.165) is 16.3 Å². The Morgan fingerprint density at radius 1 is 1.15 bits per heavy atom. The minimum absolute atomic E-state index is 0.0911.